The molecule has 174 valence electrons. The standard InChI is InChI=1S/C25H26N6O3/c1-5-34-25(33)21-13(2)26-17-8-6-7-9-18(17)27-22(21)29-24(32)16-12-19(15-10-11-15)28-23-20(16)14(3)30-31(23)4/h6-9,12,15,26H,5,10-11H2,1-4H3,(H,27,29,32). The molecule has 1 amide bonds. The molecule has 9 heteroatoms. The number of hydrogen-bond acceptors (Lipinski definition) is 7. The van der Waals surface area contributed by atoms with Crippen LogP contribution in [0.1, 0.15) is 54.4 Å². The van der Waals surface area contributed by atoms with E-state index in [4.69, 9.17) is 9.72 Å². The molecule has 2 aromatic heterocycles. The van der Waals surface area contributed by atoms with E-state index in [1.54, 1.807) is 18.5 Å². The van der Waals surface area contributed by atoms with E-state index in [2.05, 4.69) is 20.7 Å². The Labute approximate surface area is 196 Å². The SMILES string of the molecule is CCOC(=O)C1=C(C)Nc2ccccc2N=C1NC(=O)c1cc(C2CC2)nc2c1c(C)nn2C. The van der Waals surface area contributed by atoms with E-state index in [9.17, 15) is 9.59 Å². The highest BCUT2D eigenvalue weighted by Gasteiger charge is 2.30. The molecule has 1 saturated carbocycles. The lowest BCUT2D eigenvalue weighted by molar-refractivity contribution is -0.137. The molecule has 1 aromatic carbocycles. The molecule has 3 aromatic rings. The van der Waals surface area contributed by atoms with Crippen molar-refractivity contribution < 1.29 is 14.3 Å². The quantitative estimate of drug-likeness (QED) is 0.574. The summed E-state index contributed by atoms with van der Waals surface area (Å²) in [6.45, 7) is 5.56. The number of benzene rings is 1. The van der Waals surface area contributed by atoms with Gasteiger partial charge in [-0.15, -0.1) is 0 Å². The molecule has 3 heterocycles. The number of nitrogens with zero attached hydrogens (tertiary/aromatic N) is 4. The Kier molecular flexibility index (Phi) is 5.39. The predicted molar refractivity (Wildman–Crippen MR) is 129 cm³/mol. The average Bonchev–Trinajstić information content (AvgIpc) is 3.61. The maximum Gasteiger partial charge on any atom is 0.343 e. The number of esters is 1. The topological polar surface area (TPSA) is 110 Å². The average molecular weight is 459 g/mol. The highest BCUT2D eigenvalue weighted by atomic mass is 16.5. The van der Waals surface area contributed by atoms with Gasteiger partial charge in [0.1, 0.15) is 11.4 Å². The highest BCUT2D eigenvalue weighted by molar-refractivity contribution is 6.26. The van der Waals surface area contributed by atoms with Gasteiger partial charge in [0.15, 0.2) is 5.65 Å². The molecule has 0 spiro atoms. The molecule has 9 nitrogen and oxygen atoms in total. The summed E-state index contributed by atoms with van der Waals surface area (Å²) in [6, 6.07) is 9.25. The number of fused-ring (bicyclic) bond motifs is 2. The fourth-order valence-corrected chi connectivity index (χ4v) is 4.25. The Morgan fingerprint density at radius 2 is 2.00 bits per heavy atom. The van der Waals surface area contributed by atoms with Crippen molar-refractivity contribution >= 4 is 40.1 Å². The molecular weight excluding hydrogens is 432 g/mol. The first-order valence-electron chi connectivity index (χ1n) is 11.4. The molecule has 1 aliphatic carbocycles. The number of carbonyl (C=O) groups is 2. The van der Waals surface area contributed by atoms with Crippen LogP contribution >= 0.6 is 0 Å². The van der Waals surface area contributed by atoms with E-state index < -0.39 is 5.97 Å². The van der Waals surface area contributed by atoms with Crippen LogP contribution in [-0.4, -0.2) is 39.1 Å². The smallest absolute Gasteiger partial charge is 0.343 e. The summed E-state index contributed by atoms with van der Waals surface area (Å²) < 4.78 is 6.98. The van der Waals surface area contributed by atoms with Gasteiger partial charge < -0.3 is 15.4 Å². The summed E-state index contributed by atoms with van der Waals surface area (Å²) in [4.78, 5) is 36.0. The van der Waals surface area contributed by atoms with Gasteiger partial charge in [-0.25, -0.2) is 14.8 Å². The van der Waals surface area contributed by atoms with Crippen molar-refractivity contribution in [2.45, 2.75) is 39.5 Å². The van der Waals surface area contributed by atoms with Crippen molar-refractivity contribution in [3.8, 4) is 0 Å². The van der Waals surface area contributed by atoms with E-state index >= 15 is 0 Å². The first-order chi connectivity index (χ1) is 16.4. The minimum atomic E-state index is -0.560. The zero-order valence-electron chi connectivity index (χ0n) is 19.6. The van der Waals surface area contributed by atoms with Crippen molar-refractivity contribution in [3.05, 3.63) is 58.6 Å². The maximum atomic E-state index is 13.7. The minimum absolute atomic E-state index is 0.137. The van der Waals surface area contributed by atoms with Gasteiger partial charge in [0.2, 0.25) is 0 Å². The Bertz CT molecular complexity index is 1400. The van der Waals surface area contributed by atoms with Crippen LogP contribution in [0.3, 0.4) is 0 Å². The molecule has 0 atom stereocenters. The molecule has 34 heavy (non-hydrogen) atoms. The van der Waals surface area contributed by atoms with Crippen LogP contribution in [0.15, 0.2) is 46.6 Å². The van der Waals surface area contributed by atoms with E-state index in [0.717, 1.165) is 24.2 Å². The Morgan fingerprint density at radius 1 is 1.24 bits per heavy atom. The lowest BCUT2D eigenvalue weighted by Crippen LogP contribution is -2.35. The van der Waals surface area contributed by atoms with Gasteiger partial charge in [-0.05, 0) is 51.8 Å². The number of hydrogen-bond donors (Lipinski definition) is 2. The van der Waals surface area contributed by atoms with Crippen molar-refractivity contribution in [3.63, 3.8) is 0 Å². The number of amidine groups is 1. The molecule has 5 rings (SSSR count). The van der Waals surface area contributed by atoms with Crippen LogP contribution in [0.2, 0.25) is 0 Å². The number of anilines is 1. The van der Waals surface area contributed by atoms with Gasteiger partial charge >= 0.3 is 5.97 Å². The summed E-state index contributed by atoms with van der Waals surface area (Å²) in [5.41, 5.74) is 4.79. The van der Waals surface area contributed by atoms with Gasteiger partial charge in [-0.3, -0.25) is 9.48 Å². The zero-order chi connectivity index (χ0) is 24.0. The monoisotopic (exact) mass is 458 g/mol. The van der Waals surface area contributed by atoms with Gasteiger partial charge in [0, 0.05) is 24.4 Å². The first-order valence-corrected chi connectivity index (χ1v) is 11.4. The summed E-state index contributed by atoms with van der Waals surface area (Å²) in [7, 11) is 1.82. The third-order valence-electron chi connectivity index (χ3n) is 6.01. The summed E-state index contributed by atoms with van der Waals surface area (Å²) in [5.74, 6) is -0.443. The Morgan fingerprint density at radius 3 is 2.74 bits per heavy atom. The number of para-hydroxylation sites is 2. The van der Waals surface area contributed by atoms with Crippen LogP contribution in [0.5, 0.6) is 0 Å². The van der Waals surface area contributed by atoms with E-state index in [1.807, 2.05) is 44.3 Å². The number of ether oxygens (including phenoxy) is 1. The van der Waals surface area contributed by atoms with Gasteiger partial charge in [-0.2, -0.15) is 5.10 Å². The van der Waals surface area contributed by atoms with Crippen LogP contribution in [-0.2, 0) is 16.6 Å². The zero-order valence-corrected chi connectivity index (χ0v) is 19.6. The summed E-state index contributed by atoms with van der Waals surface area (Å²) >= 11 is 0. The number of aromatic nitrogens is 3. The fourth-order valence-electron chi connectivity index (χ4n) is 4.25. The molecule has 0 unspecified atom stereocenters. The Balaban J connectivity index is 1.61. The van der Waals surface area contributed by atoms with Crippen molar-refractivity contribution in [2.75, 3.05) is 11.9 Å². The highest BCUT2D eigenvalue weighted by Crippen LogP contribution is 2.40. The lowest BCUT2D eigenvalue weighted by atomic mass is 10.1. The van der Waals surface area contributed by atoms with Gasteiger partial charge in [0.05, 0.1) is 34.6 Å². The molecule has 0 radical (unpaired) electrons. The number of amides is 1. The second-order valence-corrected chi connectivity index (χ2v) is 8.55. The van der Waals surface area contributed by atoms with Crippen LogP contribution in [0.25, 0.3) is 11.0 Å². The number of allylic oxidation sites excluding steroid dienone is 1. The number of pyridine rings is 1. The molecule has 1 fully saturated rings. The molecule has 0 bridgehead atoms. The van der Waals surface area contributed by atoms with Crippen LogP contribution in [0.4, 0.5) is 11.4 Å². The van der Waals surface area contributed by atoms with Gasteiger partial charge in [0.25, 0.3) is 5.91 Å². The minimum Gasteiger partial charge on any atom is -0.462 e. The van der Waals surface area contributed by atoms with E-state index in [0.29, 0.717) is 39.6 Å². The van der Waals surface area contributed by atoms with Crippen molar-refractivity contribution in [1.82, 2.24) is 20.1 Å². The van der Waals surface area contributed by atoms with Gasteiger partial charge in [-0.1, -0.05) is 12.1 Å². The molecular formula is C25H26N6O3. The van der Waals surface area contributed by atoms with Crippen molar-refractivity contribution in [2.24, 2.45) is 12.0 Å². The first kappa shape index (κ1) is 21.8. The largest absolute Gasteiger partial charge is 0.462 e. The number of rotatable bonds is 4. The normalized spacial score (nSPS) is 15.4. The molecule has 1 aliphatic heterocycles. The second-order valence-electron chi connectivity index (χ2n) is 8.55. The summed E-state index contributed by atoms with van der Waals surface area (Å²) in [6.07, 6.45) is 2.11. The van der Waals surface area contributed by atoms with E-state index in [-0.39, 0.29) is 23.9 Å². The second kappa shape index (κ2) is 8.40. The molecule has 2 aliphatic rings. The number of nitrogens with one attached hydrogen (secondary N) is 2. The third-order valence-corrected chi connectivity index (χ3v) is 6.01. The fraction of sp³-hybridized carbons (Fsp3) is 0.320. The Hall–Kier alpha value is -4.01. The predicted octanol–water partition coefficient (Wildman–Crippen LogP) is 3.88. The van der Waals surface area contributed by atoms with Crippen LogP contribution in [0, 0.1) is 6.92 Å². The molecule has 2 N–H and O–H groups in total. The lowest BCUT2D eigenvalue weighted by Gasteiger charge is -2.14. The number of aliphatic imine (C=N–C) groups is 1. The van der Waals surface area contributed by atoms with E-state index in [1.165, 1.54) is 0 Å². The maximum absolute atomic E-state index is 13.7. The van der Waals surface area contributed by atoms with Crippen LogP contribution < -0.4 is 10.6 Å². The van der Waals surface area contributed by atoms with Crippen molar-refractivity contribution in [1.29, 1.82) is 0 Å². The number of aryl methyl sites for hydroxylation is 2. The molecule has 0 saturated heterocycles. The number of carbonyl (C=O) groups excluding carboxylic acids is 2. The third kappa shape index (κ3) is 3.83. The summed E-state index contributed by atoms with van der Waals surface area (Å²) in [5, 5.41) is 11.3.